The van der Waals surface area contributed by atoms with Crippen molar-refractivity contribution in [3.63, 3.8) is 0 Å². The van der Waals surface area contributed by atoms with Crippen LogP contribution in [0.3, 0.4) is 0 Å². The highest BCUT2D eigenvalue weighted by Gasteiger charge is 2.19. The standard InChI is InChI=1S/C77H132O6/c1-4-7-10-13-16-19-22-25-28-31-32-33-34-35-36-37-38-39-40-41-42-43-44-45-46-47-50-52-55-58-61-64-67-70-76(79)82-73-74(83-77(80)71-68-65-62-59-56-53-49-30-27-24-21-18-15-12-9-6-3)72-81-75(78)69-66-63-60-57-54-51-48-29-26-23-20-17-14-11-8-5-2/h7,10,16,19-21,23-25,28-30,32-33,35-36,48-49,74H,4-6,8-9,11-15,17-18,22,26-27,31,34,37-47,50-73H2,1-3H3/b10-7-,19-16-,23-20-,24-21-,28-25-,33-32-,36-35-,48-29-,49-30-. The maximum atomic E-state index is 12.9. The number of hydrogen-bond donors (Lipinski definition) is 0. The van der Waals surface area contributed by atoms with Crippen LogP contribution in [0, 0.1) is 0 Å². The zero-order chi connectivity index (χ0) is 59.9. The van der Waals surface area contributed by atoms with Crippen LogP contribution < -0.4 is 0 Å². The van der Waals surface area contributed by atoms with Crippen LogP contribution in [0.25, 0.3) is 0 Å². The Hall–Kier alpha value is -3.93. The molecule has 6 heteroatoms. The lowest BCUT2D eigenvalue weighted by Gasteiger charge is -2.18. The molecule has 0 aliphatic heterocycles. The molecule has 0 N–H and O–H groups in total. The number of carbonyl (C=O) groups excluding carboxylic acids is 3. The highest BCUT2D eigenvalue weighted by molar-refractivity contribution is 5.71. The van der Waals surface area contributed by atoms with Gasteiger partial charge in [0, 0.05) is 19.3 Å². The monoisotopic (exact) mass is 1150 g/mol. The van der Waals surface area contributed by atoms with Gasteiger partial charge < -0.3 is 14.2 Å². The first-order valence-corrected chi connectivity index (χ1v) is 35.4. The van der Waals surface area contributed by atoms with Crippen molar-refractivity contribution in [1.82, 2.24) is 0 Å². The minimum absolute atomic E-state index is 0.0859. The van der Waals surface area contributed by atoms with Gasteiger partial charge in [-0.2, -0.15) is 0 Å². The molecule has 1 atom stereocenters. The predicted octanol–water partition coefficient (Wildman–Crippen LogP) is 24.6. The van der Waals surface area contributed by atoms with Crippen molar-refractivity contribution in [2.45, 2.75) is 348 Å². The molecule has 0 fully saturated rings. The summed E-state index contributed by atoms with van der Waals surface area (Å²) in [5, 5.41) is 0. The van der Waals surface area contributed by atoms with Crippen LogP contribution in [0.5, 0.6) is 0 Å². The number of carbonyl (C=O) groups is 3. The molecule has 476 valence electrons. The molecule has 0 aliphatic carbocycles. The van der Waals surface area contributed by atoms with E-state index in [1.54, 1.807) is 0 Å². The number of unbranched alkanes of at least 4 members (excludes halogenated alkanes) is 35. The third kappa shape index (κ3) is 68.7. The van der Waals surface area contributed by atoms with Crippen molar-refractivity contribution in [2.75, 3.05) is 13.2 Å². The van der Waals surface area contributed by atoms with Crippen LogP contribution in [-0.4, -0.2) is 37.2 Å². The van der Waals surface area contributed by atoms with Crippen LogP contribution in [0.15, 0.2) is 109 Å². The Kier molecular flexibility index (Phi) is 67.2. The minimum Gasteiger partial charge on any atom is -0.462 e. The van der Waals surface area contributed by atoms with Gasteiger partial charge in [-0.05, 0) is 128 Å². The molecule has 0 aliphatic rings. The van der Waals surface area contributed by atoms with Crippen molar-refractivity contribution < 1.29 is 28.6 Å². The first-order chi connectivity index (χ1) is 41.0. The van der Waals surface area contributed by atoms with E-state index in [1.165, 1.54) is 167 Å². The first kappa shape index (κ1) is 79.1. The predicted molar refractivity (Wildman–Crippen MR) is 362 cm³/mol. The molecule has 0 heterocycles. The van der Waals surface area contributed by atoms with Crippen LogP contribution in [0.1, 0.15) is 342 Å². The number of esters is 3. The SMILES string of the molecule is CC/C=C\C/C=C\C/C=C\C/C=C\C/C=C\CCCCCCCCCCCCCCCCCCCC(=O)OCC(COC(=O)CCCCCCC/C=C\C/C=C\CCCCCC)OC(=O)CCCCCCC/C=C\C/C=C\CCCCCC. The molecule has 0 spiro atoms. The van der Waals surface area contributed by atoms with Crippen molar-refractivity contribution in [3.8, 4) is 0 Å². The topological polar surface area (TPSA) is 78.9 Å². The molecular weight excluding hydrogens is 1020 g/mol. The fourth-order valence-corrected chi connectivity index (χ4v) is 9.94. The van der Waals surface area contributed by atoms with Gasteiger partial charge in [-0.15, -0.1) is 0 Å². The third-order valence-corrected chi connectivity index (χ3v) is 15.2. The summed E-state index contributed by atoms with van der Waals surface area (Å²) in [6.45, 7) is 6.50. The molecule has 0 aromatic rings. The zero-order valence-electron chi connectivity index (χ0n) is 54.7. The molecule has 1 unspecified atom stereocenters. The Morgan fingerprint density at radius 3 is 0.735 bits per heavy atom. The Morgan fingerprint density at radius 2 is 0.470 bits per heavy atom. The molecular formula is C77H132O6. The van der Waals surface area contributed by atoms with Gasteiger partial charge >= 0.3 is 17.9 Å². The lowest BCUT2D eigenvalue weighted by atomic mass is 10.0. The normalized spacial score (nSPS) is 12.8. The lowest BCUT2D eigenvalue weighted by Crippen LogP contribution is -2.30. The Labute approximate surface area is 514 Å². The second-order valence-electron chi connectivity index (χ2n) is 23.4. The van der Waals surface area contributed by atoms with Crippen molar-refractivity contribution in [1.29, 1.82) is 0 Å². The fourth-order valence-electron chi connectivity index (χ4n) is 9.94. The molecule has 0 aromatic heterocycles. The van der Waals surface area contributed by atoms with E-state index in [1.807, 2.05) is 0 Å². The molecule has 0 amide bonds. The second kappa shape index (κ2) is 70.6. The van der Waals surface area contributed by atoms with Crippen molar-refractivity contribution >= 4 is 17.9 Å². The smallest absolute Gasteiger partial charge is 0.306 e. The van der Waals surface area contributed by atoms with Gasteiger partial charge in [0.05, 0.1) is 0 Å². The maximum absolute atomic E-state index is 12.9. The van der Waals surface area contributed by atoms with Crippen molar-refractivity contribution in [2.24, 2.45) is 0 Å². The molecule has 0 saturated heterocycles. The zero-order valence-corrected chi connectivity index (χ0v) is 54.7. The molecule has 0 saturated carbocycles. The summed E-state index contributed by atoms with van der Waals surface area (Å²) in [6, 6.07) is 0. The van der Waals surface area contributed by atoms with Gasteiger partial charge in [0.25, 0.3) is 0 Å². The fraction of sp³-hybridized carbons (Fsp3) is 0.727. The molecule has 0 rings (SSSR count). The van der Waals surface area contributed by atoms with Gasteiger partial charge in [0.15, 0.2) is 6.10 Å². The molecule has 0 radical (unpaired) electrons. The summed E-state index contributed by atoms with van der Waals surface area (Å²) in [4.78, 5) is 38.4. The lowest BCUT2D eigenvalue weighted by molar-refractivity contribution is -0.167. The summed E-state index contributed by atoms with van der Waals surface area (Å²) in [5.74, 6) is -0.900. The van der Waals surface area contributed by atoms with Crippen LogP contribution in [0.2, 0.25) is 0 Å². The Morgan fingerprint density at radius 1 is 0.253 bits per heavy atom. The molecule has 0 aromatic carbocycles. The largest absolute Gasteiger partial charge is 0.462 e. The van der Waals surface area contributed by atoms with E-state index < -0.39 is 6.10 Å². The quantitative estimate of drug-likeness (QED) is 0.0261. The van der Waals surface area contributed by atoms with E-state index in [0.717, 1.165) is 135 Å². The van der Waals surface area contributed by atoms with Crippen molar-refractivity contribution in [3.05, 3.63) is 109 Å². The van der Waals surface area contributed by atoms with Gasteiger partial charge in [-0.1, -0.05) is 304 Å². The first-order valence-electron chi connectivity index (χ1n) is 35.4. The average molecular weight is 1150 g/mol. The Bertz CT molecular complexity index is 1660. The highest BCUT2D eigenvalue weighted by Crippen LogP contribution is 2.17. The van der Waals surface area contributed by atoms with E-state index in [2.05, 4.69) is 130 Å². The molecule has 83 heavy (non-hydrogen) atoms. The van der Waals surface area contributed by atoms with Gasteiger partial charge in [0.2, 0.25) is 0 Å². The highest BCUT2D eigenvalue weighted by atomic mass is 16.6. The van der Waals surface area contributed by atoms with E-state index in [-0.39, 0.29) is 31.1 Å². The summed E-state index contributed by atoms with van der Waals surface area (Å²) in [7, 11) is 0. The van der Waals surface area contributed by atoms with Gasteiger partial charge in [-0.25, -0.2) is 0 Å². The summed E-state index contributed by atoms with van der Waals surface area (Å²) in [6.07, 6.45) is 96.9. The second-order valence-corrected chi connectivity index (χ2v) is 23.4. The van der Waals surface area contributed by atoms with Crippen LogP contribution >= 0.6 is 0 Å². The van der Waals surface area contributed by atoms with Crippen LogP contribution in [0.4, 0.5) is 0 Å². The van der Waals surface area contributed by atoms with E-state index >= 15 is 0 Å². The van der Waals surface area contributed by atoms with E-state index in [4.69, 9.17) is 14.2 Å². The minimum atomic E-state index is -0.792. The summed E-state index contributed by atoms with van der Waals surface area (Å²) >= 11 is 0. The number of rotatable bonds is 64. The number of ether oxygens (including phenoxy) is 3. The van der Waals surface area contributed by atoms with Crippen LogP contribution in [-0.2, 0) is 28.6 Å². The molecule has 6 nitrogen and oxygen atoms in total. The molecule has 0 bridgehead atoms. The third-order valence-electron chi connectivity index (χ3n) is 15.2. The van der Waals surface area contributed by atoms with E-state index in [9.17, 15) is 14.4 Å². The number of allylic oxidation sites excluding steroid dienone is 18. The van der Waals surface area contributed by atoms with Gasteiger partial charge in [-0.3, -0.25) is 14.4 Å². The summed E-state index contributed by atoms with van der Waals surface area (Å²) < 4.78 is 17.0. The average Bonchev–Trinajstić information content (AvgIpc) is 3.49. The Balaban J connectivity index is 4.23. The summed E-state index contributed by atoms with van der Waals surface area (Å²) in [5.41, 5.74) is 0. The number of hydrogen-bond acceptors (Lipinski definition) is 6. The van der Waals surface area contributed by atoms with Gasteiger partial charge in [0.1, 0.15) is 13.2 Å². The maximum Gasteiger partial charge on any atom is 0.306 e. The van der Waals surface area contributed by atoms with E-state index in [0.29, 0.717) is 19.3 Å².